The zero-order chi connectivity index (χ0) is 29.1. The van der Waals surface area contributed by atoms with Gasteiger partial charge in [-0.25, -0.2) is 4.39 Å². The number of benzene rings is 3. The van der Waals surface area contributed by atoms with Crippen molar-refractivity contribution < 1.29 is 14.0 Å². The molecule has 2 amide bonds. The standard InChI is InChI=1S/C36H43FN2O2/c1-24-10-7-16-31(37)32(24)35(41)39-21-9-15-30(34(40)38-29-14-8-13-28(23-29)36(2,3)4)33(39)27-19-17-26(18-20-27)22-25-11-5-6-12-25/h7-8,10,13-14,16-20,23,25,30,33H,5-6,9,11-12,15,21-22H2,1-4H3,(H,38,40)/t30-,33-/m0/s1. The molecule has 2 aliphatic rings. The molecule has 5 heteroatoms. The third kappa shape index (κ3) is 6.55. The van der Waals surface area contributed by atoms with Gasteiger partial charge < -0.3 is 10.2 Å². The number of piperidine rings is 1. The minimum Gasteiger partial charge on any atom is -0.331 e. The summed E-state index contributed by atoms with van der Waals surface area (Å²) >= 11 is 0. The topological polar surface area (TPSA) is 49.4 Å². The SMILES string of the molecule is Cc1cccc(F)c1C(=O)N1CCC[C@H](C(=O)Nc2cccc(C(C)(C)C)c2)[C@@H]1c1ccc(CC2CCCC2)cc1. The Hall–Kier alpha value is -3.47. The Labute approximate surface area is 244 Å². The molecule has 1 aliphatic heterocycles. The number of carbonyl (C=O) groups excluding carboxylic acids is 2. The Morgan fingerprint density at radius 1 is 0.927 bits per heavy atom. The summed E-state index contributed by atoms with van der Waals surface area (Å²) in [5.41, 5.74) is 4.75. The third-order valence-corrected chi connectivity index (χ3v) is 8.98. The van der Waals surface area contributed by atoms with Crippen LogP contribution in [0.15, 0.2) is 66.7 Å². The van der Waals surface area contributed by atoms with E-state index in [1.165, 1.54) is 37.3 Å². The van der Waals surface area contributed by atoms with Crippen LogP contribution in [0, 0.1) is 24.6 Å². The number of rotatable bonds is 6. The molecule has 3 aromatic rings. The highest BCUT2D eigenvalue weighted by molar-refractivity contribution is 5.98. The van der Waals surface area contributed by atoms with E-state index in [-0.39, 0.29) is 22.8 Å². The van der Waals surface area contributed by atoms with Crippen molar-refractivity contribution in [2.24, 2.45) is 11.8 Å². The average molecular weight is 555 g/mol. The van der Waals surface area contributed by atoms with Gasteiger partial charge >= 0.3 is 0 Å². The molecule has 1 saturated heterocycles. The molecule has 1 aliphatic carbocycles. The molecule has 1 N–H and O–H groups in total. The van der Waals surface area contributed by atoms with Crippen LogP contribution in [-0.4, -0.2) is 23.3 Å². The zero-order valence-electron chi connectivity index (χ0n) is 24.9. The van der Waals surface area contributed by atoms with Gasteiger partial charge in [0.25, 0.3) is 5.91 Å². The van der Waals surface area contributed by atoms with Gasteiger partial charge in [0, 0.05) is 12.2 Å². The Morgan fingerprint density at radius 2 is 1.63 bits per heavy atom. The van der Waals surface area contributed by atoms with Crippen LogP contribution >= 0.6 is 0 Å². The molecule has 216 valence electrons. The van der Waals surface area contributed by atoms with Gasteiger partial charge in [-0.1, -0.05) is 95.0 Å². The summed E-state index contributed by atoms with van der Waals surface area (Å²) in [7, 11) is 0. The van der Waals surface area contributed by atoms with Crippen LogP contribution in [0.25, 0.3) is 0 Å². The normalized spacial score (nSPS) is 19.8. The number of nitrogens with zero attached hydrogens (tertiary/aromatic N) is 1. The predicted molar refractivity (Wildman–Crippen MR) is 164 cm³/mol. The van der Waals surface area contributed by atoms with E-state index in [9.17, 15) is 14.0 Å². The second kappa shape index (κ2) is 12.2. The van der Waals surface area contributed by atoms with E-state index in [1.54, 1.807) is 24.0 Å². The summed E-state index contributed by atoms with van der Waals surface area (Å²) in [5.74, 6) is -0.711. The molecule has 3 aromatic carbocycles. The lowest BCUT2D eigenvalue weighted by atomic mass is 9.82. The minimum absolute atomic E-state index is 0.0464. The quantitative estimate of drug-likeness (QED) is 0.333. The Kier molecular flexibility index (Phi) is 8.63. The maximum atomic E-state index is 15.0. The molecule has 0 bridgehead atoms. The Balaban J connectivity index is 1.47. The van der Waals surface area contributed by atoms with Gasteiger partial charge in [0.15, 0.2) is 0 Å². The van der Waals surface area contributed by atoms with Crippen LogP contribution in [0.1, 0.15) is 97.9 Å². The first kappa shape index (κ1) is 29.0. The number of halogens is 1. The Morgan fingerprint density at radius 3 is 2.32 bits per heavy atom. The van der Waals surface area contributed by atoms with Crippen molar-refractivity contribution >= 4 is 17.5 Å². The smallest absolute Gasteiger partial charge is 0.257 e. The number of amides is 2. The largest absolute Gasteiger partial charge is 0.331 e. The van der Waals surface area contributed by atoms with Crippen LogP contribution in [0.3, 0.4) is 0 Å². The van der Waals surface area contributed by atoms with Gasteiger partial charge in [0.2, 0.25) is 5.91 Å². The average Bonchev–Trinajstić information content (AvgIpc) is 3.46. The molecule has 5 rings (SSSR count). The van der Waals surface area contributed by atoms with E-state index in [0.29, 0.717) is 24.9 Å². The fourth-order valence-corrected chi connectivity index (χ4v) is 6.65. The van der Waals surface area contributed by atoms with Gasteiger partial charge in [-0.05, 0) is 78.0 Å². The van der Waals surface area contributed by atoms with E-state index in [1.807, 2.05) is 18.2 Å². The molecule has 0 spiro atoms. The highest BCUT2D eigenvalue weighted by Gasteiger charge is 2.40. The van der Waals surface area contributed by atoms with Crippen molar-refractivity contribution in [1.82, 2.24) is 4.90 Å². The summed E-state index contributed by atoms with van der Waals surface area (Å²) in [6.07, 6.45) is 7.59. The summed E-state index contributed by atoms with van der Waals surface area (Å²) in [6, 6.07) is 20.7. The number of likely N-dealkylation sites (tertiary alicyclic amines) is 1. The molecule has 0 unspecified atom stereocenters. The fourth-order valence-electron chi connectivity index (χ4n) is 6.65. The van der Waals surface area contributed by atoms with Crippen molar-refractivity contribution in [2.45, 2.75) is 84.1 Å². The molecule has 1 saturated carbocycles. The highest BCUT2D eigenvalue weighted by Crippen LogP contribution is 2.39. The predicted octanol–water partition coefficient (Wildman–Crippen LogP) is 8.40. The van der Waals surface area contributed by atoms with E-state index < -0.39 is 17.8 Å². The Bertz CT molecular complexity index is 1370. The molecule has 0 aromatic heterocycles. The molecular formula is C36H43FN2O2. The molecule has 2 fully saturated rings. The van der Waals surface area contributed by atoms with E-state index in [4.69, 9.17) is 0 Å². The minimum atomic E-state index is -0.522. The first-order chi connectivity index (χ1) is 19.6. The number of anilines is 1. The van der Waals surface area contributed by atoms with Crippen molar-refractivity contribution in [3.8, 4) is 0 Å². The number of aryl methyl sites for hydroxylation is 1. The summed E-state index contributed by atoms with van der Waals surface area (Å²) in [5, 5.41) is 3.15. The van der Waals surface area contributed by atoms with E-state index in [0.717, 1.165) is 29.2 Å². The molecule has 2 atom stereocenters. The van der Waals surface area contributed by atoms with Crippen molar-refractivity contribution in [1.29, 1.82) is 0 Å². The molecule has 41 heavy (non-hydrogen) atoms. The molecule has 0 radical (unpaired) electrons. The van der Waals surface area contributed by atoms with Crippen LogP contribution in [-0.2, 0) is 16.6 Å². The number of hydrogen-bond donors (Lipinski definition) is 1. The lowest BCUT2D eigenvalue weighted by molar-refractivity contribution is -0.123. The van der Waals surface area contributed by atoms with E-state index in [2.05, 4.69) is 56.4 Å². The first-order valence-electron chi connectivity index (χ1n) is 15.2. The zero-order valence-corrected chi connectivity index (χ0v) is 24.9. The van der Waals surface area contributed by atoms with Crippen LogP contribution in [0.4, 0.5) is 10.1 Å². The second-order valence-corrected chi connectivity index (χ2v) is 13.0. The summed E-state index contributed by atoms with van der Waals surface area (Å²) in [6.45, 7) is 8.69. The van der Waals surface area contributed by atoms with Crippen LogP contribution < -0.4 is 5.32 Å². The lowest BCUT2D eigenvalue weighted by Gasteiger charge is -2.41. The van der Waals surface area contributed by atoms with Gasteiger partial charge in [-0.2, -0.15) is 0 Å². The molecule has 1 heterocycles. The third-order valence-electron chi connectivity index (χ3n) is 8.98. The van der Waals surface area contributed by atoms with Crippen molar-refractivity contribution in [3.63, 3.8) is 0 Å². The second-order valence-electron chi connectivity index (χ2n) is 13.0. The number of nitrogens with one attached hydrogen (secondary N) is 1. The molecular weight excluding hydrogens is 511 g/mol. The molecule has 4 nitrogen and oxygen atoms in total. The summed E-state index contributed by atoms with van der Waals surface area (Å²) < 4.78 is 15.0. The maximum Gasteiger partial charge on any atom is 0.257 e. The van der Waals surface area contributed by atoms with Crippen molar-refractivity contribution in [3.05, 3.63) is 100 Å². The monoisotopic (exact) mass is 554 g/mol. The van der Waals surface area contributed by atoms with Gasteiger partial charge in [0.05, 0.1) is 17.5 Å². The van der Waals surface area contributed by atoms with Crippen molar-refractivity contribution in [2.75, 3.05) is 11.9 Å². The van der Waals surface area contributed by atoms with Gasteiger partial charge in [-0.15, -0.1) is 0 Å². The first-order valence-corrected chi connectivity index (χ1v) is 15.2. The number of hydrogen-bond acceptors (Lipinski definition) is 2. The fraction of sp³-hybridized carbons (Fsp3) is 0.444. The lowest BCUT2D eigenvalue weighted by Crippen LogP contribution is -2.46. The highest BCUT2D eigenvalue weighted by atomic mass is 19.1. The summed E-state index contributed by atoms with van der Waals surface area (Å²) in [4.78, 5) is 29.6. The number of carbonyl (C=O) groups is 2. The van der Waals surface area contributed by atoms with Crippen LogP contribution in [0.2, 0.25) is 0 Å². The van der Waals surface area contributed by atoms with Gasteiger partial charge in [0.1, 0.15) is 5.82 Å². The van der Waals surface area contributed by atoms with Crippen LogP contribution in [0.5, 0.6) is 0 Å². The maximum absolute atomic E-state index is 15.0. The van der Waals surface area contributed by atoms with E-state index >= 15 is 0 Å². The van der Waals surface area contributed by atoms with Gasteiger partial charge in [-0.3, -0.25) is 9.59 Å².